The lowest BCUT2D eigenvalue weighted by Crippen LogP contribution is -2.29. The van der Waals surface area contributed by atoms with Crippen LogP contribution in [0.2, 0.25) is 0 Å². The molecule has 3 rings (SSSR count). The minimum Gasteiger partial charge on any atom is -0.309 e. The van der Waals surface area contributed by atoms with E-state index in [-0.39, 0.29) is 0 Å². The Bertz CT molecular complexity index is 458. The molecule has 14 heavy (non-hydrogen) atoms. The Morgan fingerprint density at radius 3 is 3.50 bits per heavy atom. The highest BCUT2D eigenvalue weighted by Gasteiger charge is 2.23. The Morgan fingerprint density at radius 1 is 1.71 bits per heavy atom. The molecule has 0 amide bonds. The predicted molar refractivity (Wildman–Crippen MR) is 55.6 cm³/mol. The van der Waals surface area contributed by atoms with Crippen LogP contribution < -0.4 is 5.32 Å². The third-order valence-corrected chi connectivity index (χ3v) is 3.94. The van der Waals surface area contributed by atoms with Crippen molar-refractivity contribution in [1.29, 1.82) is 0 Å². The Balaban J connectivity index is 2.22. The van der Waals surface area contributed by atoms with Gasteiger partial charge < -0.3 is 5.32 Å². The lowest BCUT2D eigenvalue weighted by Gasteiger charge is -2.21. The highest BCUT2D eigenvalue weighted by molar-refractivity contribution is 7.17. The van der Waals surface area contributed by atoms with E-state index in [0.717, 1.165) is 24.3 Å². The van der Waals surface area contributed by atoms with Crippen LogP contribution in [0, 0.1) is 0 Å². The summed E-state index contributed by atoms with van der Waals surface area (Å²) in [6, 6.07) is 0.507. The molecule has 3 heterocycles. The minimum atomic E-state index is 0.507. The third-order valence-electron chi connectivity index (χ3n) is 2.74. The van der Waals surface area contributed by atoms with Gasteiger partial charge in [-0.05, 0) is 6.42 Å². The van der Waals surface area contributed by atoms with Crippen LogP contribution in [0.5, 0.6) is 0 Å². The van der Waals surface area contributed by atoms with Crippen molar-refractivity contribution in [2.24, 2.45) is 0 Å². The second kappa shape index (κ2) is 3.03. The number of thiazole rings is 1. The van der Waals surface area contributed by atoms with Crippen LogP contribution in [-0.2, 0) is 6.42 Å². The summed E-state index contributed by atoms with van der Waals surface area (Å²) >= 11 is 1.77. The van der Waals surface area contributed by atoms with Gasteiger partial charge in [-0.15, -0.1) is 0 Å². The molecule has 4 nitrogen and oxygen atoms in total. The van der Waals surface area contributed by atoms with Gasteiger partial charge in [-0.1, -0.05) is 18.3 Å². The zero-order chi connectivity index (χ0) is 9.54. The lowest BCUT2D eigenvalue weighted by molar-refractivity contribution is 0.492. The van der Waals surface area contributed by atoms with Crippen molar-refractivity contribution in [2.75, 3.05) is 6.54 Å². The number of aromatic nitrogens is 3. The molecule has 1 aliphatic rings. The summed E-state index contributed by atoms with van der Waals surface area (Å²) in [6.07, 6.45) is 3.83. The van der Waals surface area contributed by atoms with Gasteiger partial charge >= 0.3 is 0 Å². The molecular weight excluding hydrogens is 196 g/mol. The quantitative estimate of drug-likeness (QED) is 0.770. The number of hydrogen-bond acceptors (Lipinski definition) is 4. The number of nitrogens with zero attached hydrogens (tertiary/aromatic N) is 3. The topological polar surface area (TPSA) is 42.2 Å². The van der Waals surface area contributed by atoms with E-state index in [1.165, 1.54) is 10.6 Å². The summed E-state index contributed by atoms with van der Waals surface area (Å²) < 4.78 is 1.99. The Kier molecular flexibility index (Phi) is 1.81. The monoisotopic (exact) mass is 208 g/mol. The van der Waals surface area contributed by atoms with E-state index < -0.39 is 0 Å². The first-order chi connectivity index (χ1) is 6.90. The molecule has 0 bridgehead atoms. The normalized spacial score (nSPS) is 21.4. The number of fused-ring (bicyclic) bond motifs is 3. The van der Waals surface area contributed by atoms with Crippen LogP contribution in [-0.4, -0.2) is 21.1 Å². The highest BCUT2D eigenvalue weighted by atomic mass is 32.1. The van der Waals surface area contributed by atoms with Crippen molar-refractivity contribution in [3.05, 3.63) is 16.9 Å². The number of rotatable bonds is 1. The van der Waals surface area contributed by atoms with Crippen LogP contribution in [0.3, 0.4) is 0 Å². The molecule has 0 saturated carbocycles. The van der Waals surface area contributed by atoms with Crippen LogP contribution in [0.25, 0.3) is 4.96 Å². The molecule has 2 aromatic heterocycles. The maximum atomic E-state index is 4.25. The summed E-state index contributed by atoms with van der Waals surface area (Å²) in [6.45, 7) is 3.26. The molecule has 2 aromatic rings. The first-order valence-corrected chi connectivity index (χ1v) is 5.76. The first-order valence-electron chi connectivity index (χ1n) is 4.95. The molecule has 0 aromatic carbocycles. The second-order valence-electron chi connectivity index (χ2n) is 3.53. The average molecular weight is 208 g/mol. The maximum Gasteiger partial charge on any atom is 0.212 e. The van der Waals surface area contributed by atoms with Crippen LogP contribution in [0.1, 0.15) is 30.0 Å². The van der Waals surface area contributed by atoms with Crippen molar-refractivity contribution in [3.8, 4) is 0 Å². The summed E-state index contributed by atoms with van der Waals surface area (Å²) in [5, 5.41) is 7.77. The van der Waals surface area contributed by atoms with E-state index in [1.54, 1.807) is 17.7 Å². The SMILES string of the molecule is CCC1NCCc2c1sc1ncnn21. The van der Waals surface area contributed by atoms with E-state index in [9.17, 15) is 0 Å². The molecule has 0 aliphatic carbocycles. The van der Waals surface area contributed by atoms with Gasteiger partial charge in [0.2, 0.25) is 4.96 Å². The largest absolute Gasteiger partial charge is 0.309 e. The van der Waals surface area contributed by atoms with Crippen LogP contribution in [0.4, 0.5) is 0 Å². The van der Waals surface area contributed by atoms with E-state index in [1.807, 2.05) is 4.52 Å². The fraction of sp³-hybridized carbons (Fsp3) is 0.556. The smallest absolute Gasteiger partial charge is 0.212 e. The molecule has 1 N–H and O–H groups in total. The predicted octanol–water partition coefficient (Wildman–Crippen LogP) is 1.39. The molecule has 0 fully saturated rings. The number of nitrogens with one attached hydrogen (secondary N) is 1. The van der Waals surface area contributed by atoms with Crippen molar-refractivity contribution >= 4 is 16.3 Å². The molecule has 1 atom stereocenters. The molecule has 0 saturated heterocycles. The first kappa shape index (κ1) is 8.38. The van der Waals surface area contributed by atoms with Gasteiger partial charge in [-0.2, -0.15) is 5.10 Å². The molecule has 5 heteroatoms. The van der Waals surface area contributed by atoms with Crippen molar-refractivity contribution < 1.29 is 0 Å². The van der Waals surface area contributed by atoms with E-state index >= 15 is 0 Å². The van der Waals surface area contributed by atoms with E-state index in [0.29, 0.717) is 6.04 Å². The van der Waals surface area contributed by atoms with Crippen LogP contribution in [0.15, 0.2) is 6.33 Å². The van der Waals surface area contributed by atoms with Crippen molar-refractivity contribution in [1.82, 2.24) is 19.9 Å². The zero-order valence-electron chi connectivity index (χ0n) is 8.03. The minimum absolute atomic E-state index is 0.507. The van der Waals surface area contributed by atoms with Gasteiger partial charge in [0.25, 0.3) is 0 Å². The van der Waals surface area contributed by atoms with Gasteiger partial charge in [-0.25, -0.2) is 9.50 Å². The lowest BCUT2D eigenvalue weighted by atomic mass is 10.1. The van der Waals surface area contributed by atoms with Gasteiger partial charge in [0, 0.05) is 23.9 Å². The van der Waals surface area contributed by atoms with E-state index in [2.05, 4.69) is 22.3 Å². The summed E-state index contributed by atoms with van der Waals surface area (Å²) in [5.41, 5.74) is 1.35. The summed E-state index contributed by atoms with van der Waals surface area (Å²) in [7, 11) is 0. The van der Waals surface area contributed by atoms with E-state index in [4.69, 9.17) is 0 Å². The fourth-order valence-corrected chi connectivity index (χ4v) is 3.27. The number of hydrogen-bond donors (Lipinski definition) is 1. The summed E-state index contributed by atoms with van der Waals surface area (Å²) in [4.78, 5) is 6.69. The standard InChI is InChI=1S/C9H12N4S/c1-2-6-8-7(3-4-10-6)13-9(14-8)11-5-12-13/h5-6,10H,2-4H2,1H3. The Labute approximate surface area is 86.0 Å². The third kappa shape index (κ3) is 1.02. The van der Waals surface area contributed by atoms with Gasteiger partial charge in [0.05, 0.1) is 5.69 Å². The summed E-state index contributed by atoms with van der Waals surface area (Å²) in [5.74, 6) is 0. The fourth-order valence-electron chi connectivity index (χ4n) is 2.04. The molecule has 1 unspecified atom stereocenters. The zero-order valence-corrected chi connectivity index (χ0v) is 8.84. The van der Waals surface area contributed by atoms with Gasteiger partial charge in [0.1, 0.15) is 6.33 Å². The molecular formula is C9H12N4S. The molecule has 0 radical (unpaired) electrons. The van der Waals surface area contributed by atoms with Crippen LogP contribution >= 0.6 is 11.3 Å². The molecule has 74 valence electrons. The van der Waals surface area contributed by atoms with Gasteiger partial charge in [0.15, 0.2) is 0 Å². The second-order valence-corrected chi connectivity index (χ2v) is 4.54. The Hall–Kier alpha value is -0.940. The average Bonchev–Trinajstić information content (AvgIpc) is 2.76. The van der Waals surface area contributed by atoms with Gasteiger partial charge in [-0.3, -0.25) is 0 Å². The molecule has 0 spiro atoms. The highest BCUT2D eigenvalue weighted by Crippen LogP contribution is 2.31. The maximum absolute atomic E-state index is 4.25. The molecule has 1 aliphatic heterocycles. The van der Waals surface area contributed by atoms with Crippen molar-refractivity contribution in [2.45, 2.75) is 25.8 Å². The Morgan fingerprint density at radius 2 is 2.64 bits per heavy atom. The van der Waals surface area contributed by atoms with Crippen molar-refractivity contribution in [3.63, 3.8) is 0 Å².